The number of carbonyl (C=O) groups is 1. The summed E-state index contributed by atoms with van der Waals surface area (Å²) in [4.78, 5) is 12.1. The number of hydrogen-bond donors (Lipinski definition) is 1. The molecule has 0 aromatic heterocycles. The number of carbonyl (C=O) groups excluding carboxylic acids is 1. The number of ether oxygens (including phenoxy) is 3. The molecule has 1 saturated heterocycles. The Morgan fingerprint density at radius 3 is 2.21 bits per heavy atom. The standard InChI is InChI=1S/C18H14F2O7S/c19-17(20,28(22,23)24)10-25-16(21)15-9-26-18(27-15)13-7-3-1-5-11(13)12-6-2-4-8-14(12)18/h1-8,15H,9-10H2,(H,22,23,24). The Bertz CT molecular complexity index is 1010. The van der Waals surface area contributed by atoms with Crippen LogP contribution in [0.5, 0.6) is 0 Å². The van der Waals surface area contributed by atoms with Crippen molar-refractivity contribution in [2.45, 2.75) is 17.1 Å². The first kappa shape index (κ1) is 18.9. The SMILES string of the molecule is O=C(OCC(F)(F)S(=O)(=O)O)C1COC2(O1)c1ccccc1-c1ccccc12. The first-order valence-corrected chi connectivity index (χ1v) is 9.62. The fraction of sp³-hybridized carbons (Fsp3) is 0.278. The smallest absolute Gasteiger partial charge is 0.402 e. The summed E-state index contributed by atoms with van der Waals surface area (Å²) in [5, 5.41) is -4.62. The molecule has 148 valence electrons. The molecule has 4 rings (SSSR count). The predicted octanol–water partition coefficient (Wildman–Crippen LogP) is 2.31. The zero-order valence-corrected chi connectivity index (χ0v) is 15.0. The van der Waals surface area contributed by atoms with Crippen LogP contribution in [0.25, 0.3) is 11.1 Å². The minimum atomic E-state index is -5.71. The molecule has 1 fully saturated rings. The number of esters is 1. The molecule has 1 unspecified atom stereocenters. The fourth-order valence-corrected chi connectivity index (χ4v) is 3.55. The molecule has 1 aliphatic heterocycles. The molecule has 1 N–H and O–H groups in total. The Balaban J connectivity index is 1.58. The van der Waals surface area contributed by atoms with Crippen molar-refractivity contribution in [3.8, 4) is 11.1 Å². The van der Waals surface area contributed by atoms with Gasteiger partial charge in [-0.2, -0.15) is 17.2 Å². The molecule has 0 amide bonds. The first-order valence-electron chi connectivity index (χ1n) is 8.18. The van der Waals surface area contributed by atoms with Crippen molar-refractivity contribution in [3.63, 3.8) is 0 Å². The number of benzene rings is 2. The molecule has 28 heavy (non-hydrogen) atoms. The lowest BCUT2D eigenvalue weighted by atomic mass is 10.0. The number of alkyl halides is 2. The molecule has 1 heterocycles. The maximum atomic E-state index is 13.3. The minimum Gasteiger partial charge on any atom is -0.456 e. The monoisotopic (exact) mass is 412 g/mol. The van der Waals surface area contributed by atoms with E-state index in [2.05, 4.69) is 4.74 Å². The van der Waals surface area contributed by atoms with Crippen LogP contribution in [0.4, 0.5) is 8.78 Å². The lowest BCUT2D eigenvalue weighted by Crippen LogP contribution is -2.37. The summed E-state index contributed by atoms with van der Waals surface area (Å²) in [6, 6.07) is 14.5. The summed E-state index contributed by atoms with van der Waals surface area (Å²) in [5.74, 6) is -2.61. The molecule has 10 heteroatoms. The number of hydrogen-bond acceptors (Lipinski definition) is 6. The van der Waals surface area contributed by atoms with Crippen LogP contribution < -0.4 is 0 Å². The molecular weight excluding hydrogens is 398 g/mol. The predicted molar refractivity (Wildman–Crippen MR) is 90.9 cm³/mol. The minimum absolute atomic E-state index is 0.279. The van der Waals surface area contributed by atoms with Gasteiger partial charge in [-0.1, -0.05) is 48.5 Å². The Morgan fingerprint density at radius 1 is 1.14 bits per heavy atom. The zero-order chi connectivity index (χ0) is 20.2. The van der Waals surface area contributed by atoms with Gasteiger partial charge in [0.25, 0.3) is 0 Å². The summed E-state index contributed by atoms with van der Waals surface area (Å²) in [6.45, 7) is -2.11. The normalized spacial score (nSPS) is 20.0. The van der Waals surface area contributed by atoms with Gasteiger partial charge in [0.1, 0.15) is 0 Å². The van der Waals surface area contributed by atoms with Gasteiger partial charge >= 0.3 is 21.3 Å². The van der Waals surface area contributed by atoms with Gasteiger partial charge in [0.15, 0.2) is 12.7 Å². The third-order valence-electron chi connectivity index (χ3n) is 4.62. The van der Waals surface area contributed by atoms with E-state index in [0.717, 1.165) is 11.1 Å². The van der Waals surface area contributed by atoms with Crippen molar-refractivity contribution in [2.24, 2.45) is 0 Å². The van der Waals surface area contributed by atoms with Gasteiger partial charge < -0.3 is 14.2 Å². The molecule has 1 aliphatic carbocycles. The van der Waals surface area contributed by atoms with Gasteiger partial charge in [0.05, 0.1) is 6.61 Å². The van der Waals surface area contributed by atoms with Crippen LogP contribution in [-0.2, 0) is 34.9 Å². The third-order valence-corrected chi connectivity index (χ3v) is 5.50. The van der Waals surface area contributed by atoms with Gasteiger partial charge in [-0.25, -0.2) is 4.79 Å². The van der Waals surface area contributed by atoms with E-state index in [-0.39, 0.29) is 6.61 Å². The molecule has 2 aromatic rings. The molecule has 0 radical (unpaired) electrons. The molecule has 1 atom stereocenters. The van der Waals surface area contributed by atoms with E-state index in [1.54, 1.807) is 24.3 Å². The Hall–Kier alpha value is -2.40. The van der Waals surface area contributed by atoms with E-state index < -0.39 is 39.8 Å². The van der Waals surface area contributed by atoms with Crippen molar-refractivity contribution in [1.82, 2.24) is 0 Å². The average molecular weight is 412 g/mol. The van der Waals surface area contributed by atoms with Gasteiger partial charge in [0, 0.05) is 11.1 Å². The second-order valence-corrected chi connectivity index (χ2v) is 7.89. The number of rotatable bonds is 4. The Morgan fingerprint density at radius 2 is 1.68 bits per heavy atom. The van der Waals surface area contributed by atoms with Gasteiger partial charge in [-0.15, -0.1) is 0 Å². The quantitative estimate of drug-likeness (QED) is 0.608. The third kappa shape index (κ3) is 2.80. The summed E-state index contributed by atoms with van der Waals surface area (Å²) in [6.07, 6.45) is -1.35. The lowest BCUT2D eigenvalue weighted by molar-refractivity contribution is -0.174. The molecule has 0 bridgehead atoms. The second kappa shape index (κ2) is 6.31. The van der Waals surface area contributed by atoms with E-state index in [0.29, 0.717) is 11.1 Å². The molecular formula is C18H14F2O7S. The van der Waals surface area contributed by atoms with Crippen molar-refractivity contribution in [1.29, 1.82) is 0 Å². The van der Waals surface area contributed by atoms with Crippen molar-refractivity contribution >= 4 is 16.1 Å². The second-order valence-electron chi connectivity index (χ2n) is 6.35. The zero-order valence-electron chi connectivity index (χ0n) is 14.2. The molecule has 1 spiro atoms. The van der Waals surface area contributed by atoms with Crippen LogP contribution in [0.3, 0.4) is 0 Å². The largest absolute Gasteiger partial charge is 0.456 e. The summed E-state index contributed by atoms with van der Waals surface area (Å²) in [7, 11) is -5.71. The molecule has 0 saturated carbocycles. The molecule has 2 aliphatic rings. The lowest BCUT2D eigenvalue weighted by Gasteiger charge is -2.25. The maximum absolute atomic E-state index is 13.3. The summed E-state index contributed by atoms with van der Waals surface area (Å²) < 4.78 is 72.3. The summed E-state index contributed by atoms with van der Waals surface area (Å²) in [5.41, 5.74) is 3.03. The maximum Gasteiger partial charge on any atom is 0.402 e. The highest BCUT2D eigenvalue weighted by molar-refractivity contribution is 7.86. The Kier molecular flexibility index (Phi) is 4.27. The average Bonchev–Trinajstić information content (AvgIpc) is 3.22. The molecule has 2 aromatic carbocycles. The van der Waals surface area contributed by atoms with E-state index >= 15 is 0 Å². The van der Waals surface area contributed by atoms with Crippen LogP contribution in [0.2, 0.25) is 0 Å². The van der Waals surface area contributed by atoms with E-state index in [1.165, 1.54) is 0 Å². The van der Waals surface area contributed by atoms with Crippen LogP contribution in [0.1, 0.15) is 11.1 Å². The topological polar surface area (TPSA) is 99.1 Å². The van der Waals surface area contributed by atoms with E-state index in [9.17, 15) is 22.0 Å². The number of fused-ring (bicyclic) bond motifs is 5. The van der Waals surface area contributed by atoms with Crippen LogP contribution in [0, 0.1) is 0 Å². The van der Waals surface area contributed by atoms with Crippen molar-refractivity contribution in [3.05, 3.63) is 59.7 Å². The summed E-state index contributed by atoms with van der Waals surface area (Å²) >= 11 is 0. The fourth-order valence-electron chi connectivity index (χ4n) is 3.34. The van der Waals surface area contributed by atoms with Crippen LogP contribution >= 0.6 is 0 Å². The van der Waals surface area contributed by atoms with E-state index in [1.807, 2.05) is 24.3 Å². The Labute approximate surface area is 158 Å². The van der Waals surface area contributed by atoms with Gasteiger partial charge in [-0.05, 0) is 11.1 Å². The molecule has 7 nitrogen and oxygen atoms in total. The first-order chi connectivity index (χ1) is 13.2. The highest BCUT2D eigenvalue weighted by Gasteiger charge is 2.54. The van der Waals surface area contributed by atoms with Crippen LogP contribution in [0.15, 0.2) is 48.5 Å². The van der Waals surface area contributed by atoms with Crippen molar-refractivity contribution in [2.75, 3.05) is 13.2 Å². The van der Waals surface area contributed by atoms with Gasteiger partial charge in [-0.3, -0.25) is 4.55 Å². The van der Waals surface area contributed by atoms with E-state index in [4.69, 9.17) is 14.0 Å². The highest BCUT2D eigenvalue weighted by Crippen LogP contribution is 2.52. The highest BCUT2D eigenvalue weighted by atomic mass is 32.2. The van der Waals surface area contributed by atoms with Crippen LogP contribution in [-0.4, -0.2) is 43.5 Å². The van der Waals surface area contributed by atoms with Gasteiger partial charge in [0.2, 0.25) is 5.79 Å². The number of halogens is 2. The van der Waals surface area contributed by atoms with Crippen molar-refractivity contribution < 1.29 is 40.8 Å².